The Bertz CT molecular complexity index is 787. The molecular formula is C15H13ClF3N3O4. The third kappa shape index (κ3) is 4.59. The van der Waals surface area contributed by atoms with Crippen LogP contribution in [0.4, 0.5) is 24.7 Å². The maximum absolute atomic E-state index is 12.6. The van der Waals surface area contributed by atoms with E-state index in [9.17, 15) is 33.5 Å². The highest BCUT2D eigenvalue weighted by molar-refractivity contribution is 6.33. The molecule has 2 aromatic rings. The van der Waals surface area contributed by atoms with Crippen LogP contribution >= 0.6 is 11.6 Å². The minimum absolute atomic E-state index is 0.153. The van der Waals surface area contributed by atoms with Gasteiger partial charge in [0.05, 0.1) is 28.2 Å². The Hall–Kier alpha value is -2.43. The van der Waals surface area contributed by atoms with Crippen LogP contribution in [0.3, 0.4) is 0 Å². The molecular weight excluding hydrogens is 379 g/mol. The molecule has 0 aliphatic rings. The van der Waals surface area contributed by atoms with Crippen molar-refractivity contribution in [2.24, 2.45) is 0 Å². The molecule has 0 amide bonds. The molecule has 0 bridgehead atoms. The van der Waals surface area contributed by atoms with Crippen LogP contribution in [0.5, 0.6) is 0 Å². The highest BCUT2D eigenvalue weighted by Gasteiger charge is 2.32. The van der Waals surface area contributed by atoms with Gasteiger partial charge in [0.1, 0.15) is 11.9 Å². The normalized spacial score (nSPS) is 13.9. The fraction of sp³-hybridized carbons (Fsp3) is 0.267. The van der Waals surface area contributed by atoms with Gasteiger partial charge >= 0.3 is 6.18 Å². The molecule has 2 unspecified atom stereocenters. The van der Waals surface area contributed by atoms with Crippen molar-refractivity contribution in [3.8, 4) is 0 Å². The van der Waals surface area contributed by atoms with Gasteiger partial charge in [-0.2, -0.15) is 13.2 Å². The van der Waals surface area contributed by atoms with E-state index in [0.717, 1.165) is 0 Å². The average molecular weight is 392 g/mol. The molecule has 0 fully saturated rings. The summed E-state index contributed by atoms with van der Waals surface area (Å²) in [4.78, 5) is 13.6. The van der Waals surface area contributed by atoms with Gasteiger partial charge in [0, 0.05) is 18.3 Å². The number of nitro groups is 1. The first-order valence-electron chi connectivity index (χ1n) is 7.16. The van der Waals surface area contributed by atoms with Crippen LogP contribution < -0.4 is 5.32 Å². The summed E-state index contributed by atoms with van der Waals surface area (Å²) in [5.41, 5.74) is -0.961. The summed E-state index contributed by atoms with van der Waals surface area (Å²) in [5.74, 6) is -0.153. The Kier molecular flexibility index (Phi) is 6.01. The molecule has 0 aliphatic carbocycles. The van der Waals surface area contributed by atoms with E-state index < -0.39 is 35.4 Å². The quantitative estimate of drug-likeness (QED) is 0.515. The summed E-state index contributed by atoms with van der Waals surface area (Å²) in [6, 6.07) is 4.57. The van der Waals surface area contributed by atoms with Crippen LogP contribution in [0.2, 0.25) is 5.02 Å². The summed E-state index contributed by atoms with van der Waals surface area (Å²) in [6.07, 6.45) is -5.36. The Balaban J connectivity index is 2.19. The van der Waals surface area contributed by atoms with Crippen LogP contribution in [-0.4, -0.2) is 32.8 Å². The van der Waals surface area contributed by atoms with Gasteiger partial charge in [-0.1, -0.05) is 11.6 Å². The van der Waals surface area contributed by atoms with Crippen LogP contribution in [0, 0.1) is 10.1 Å². The number of benzene rings is 1. The standard InChI is InChI=1S/C15H13ClF3N3O4/c16-11-5-9(15(17,18)19)6-20-14(11)21-12(7-23)13(24)8-1-3-10(4-2-8)22(25)26/h1-6,12-13,23-24H,7H2,(H,20,21). The number of rotatable bonds is 6. The first kappa shape index (κ1) is 19.9. The third-order valence-electron chi connectivity index (χ3n) is 3.51. The topological polar surface area (TPSA) is 109 Å². The molecule has 3 N–H and O–H groups in total. The number of anilines is 1. The van der Waals surface area contributed by atoms with Crippen LogP contribution in [0.25, 0.3) is 0 Å². The predicted molar refractivity (Wildman–Crippen MR) is 86.8 cm³/mol. The summed E-state index contributed by atoms with van der Waals surface area (Å²) in [6.45, 7) is -0.600. The number of nitrogens with zero attached hydrogens (tertiary/aromatic N) is 2. The zero-order valence-corrected chi connectivity index (χ0v) is 13.7. The lowest BCUT2D eigenvalue weighted by Gasteiger charge is -2.23. The van der Waals surface area contributed by atoms with Crippen molar-refractivity contribution in [2.45, 2.75) is 18.3 Å². The summed E-state index contributed by atoms with van der Waals surface area (Å²) >= 11 is 5.78. The number of aliphatic hydroxyl groups excluding tert-OH is 2. The van der Waals surface area contributed by atoms with Gasteiger partial charge in [0.25, 0.3) is 5.69 Å². The second-order valence-electron chi connectivity index (χ2n) is 5.28. The van der Waals surface area contributed by atoms with Crippen LogP contribution in [0.15, 0.2) is 36.5 Å². The fourth-order valence-corrected chi connectivity index (χ4v) is 2.35. The van der Waals surface area contributed by atoms with E-state index in [0.29, 0.717) is 12.3 Å². The van der Waals surface area contributed by atoms with Gasteiger partial charge in [0.2, 0.25) is 0 Å². The van der Waals surface area contributed by atoms with Crippen molar-refractivity contribution < 1.29 is 28.3 Å². The van der Waals surface area contributed by atoms with Crippen molar-refractivity contribution in [2.75, 3.05) is 11.9 Å². The van der Waals surface area contributed by atoms with Crippen LogP contribution in [0.1, 0.15) is 17.2 Å². The van der Waals surface area contributed by atoms with E-state index in [4.69, 9.17) is 11.6 Å². The molecule has 7 nitrogen and oxygen atoms in total. The number of nitro benzene ring substituents is 1. The number of halogens is 4. The fourth-order valence-electron chi connectivity index (χ4n) is 2.12. The highest BCUT2D eigenvalue weighted by atomic mass is 35.5. The minimum Gasteiger partial charge on any atom is -0.394 e. The Morgan fingerprint density at radius 1 is 1.31 bits per heavy atom. The maximum atomic E-state index is 12.6. The van der Waals surface area contributed by atoms with Gasteiger partial charge in [-0.15, -0.1) is 0 Å². The van der Waals surface area contributed by atoms with Gasteiger partial charge < -0.3 is 15.5 Å². The molecule has 1 aromatic carbocycles. The van der Waals surface area contributed by atoms with E-state index in [2.05, 4.69) is 10.3 Å². The average Bonchev–Trinajstić information content (AvgIpc) is 2.59. The predicted octanol–water partition coefficient (Wildman–Crippen LogP) is 3.17. The van der Waals surface area contributed by atoms with Crippen molar-refractivity contribution >= 4 is 23.1 Å². The first-order valence-corrected chi connectivity index (χ1v) is 7.54. The lowest BCUT2D eigenvalue weighted by Crippen LogP contribution is -2.31. The van der Waals surface area contributed by atoms with Gasteiger partial charge in [0.15, 0.2) is 0 Å². The Morgan fingerprint density at radius 3 is 2.38 bits per heavy atom. The lowest BCUT2D eigenvalue weighted by atomic mass is 10.0. The van der Waals surface area contributed by atoms with Crippen LogP contribution in [-0.2, 0) is 6.18 Å². The molecule has 0 saturated carbocycles. The number of hydrogen-bond acceptors (Lipinski definition) is 6. The van der Waals surface area contributed by atoms with Crippen molar-refractivity contribution in [1.82, 2.24) is 4.98 Å². The second kappa shape index (κ2) is 7.85. The Labute approximate surface area is 150 Å². The van der Waals surface area contributed by atoms with E-state index in [1.54, 1.807) is 0 Å². The van der Waals surface area contributed by atoms with E-state index >= 15 is 0 Å². The molecule has 2 rings (SSSR count). The number of hydrogen-bond donors (Lipinski definition) is 3. The number of alkyl halides is 3. The summed E-state index contributed by atoms with van der Waals surface area (Å²) < 4.78 is 37.9. The third-order valence-corrected chi connectivity index (χ3v) is 3.80. The number of pyridine rings is 1. The second-order valence-corrected chi connectivity index (χ2v) is 5.69. The molecule has 0 radical (unpaired) electrons. The molecule has 0 saturated heterocycles. The zero-order chi connectivity index (χ0) is 19.5. The number of aliphatic hydroxyl groups is 2. The van der Waals surface area contributed by atoms with Gasteiger partial charge in [-0.25, -0.2) is 4.98 Å². The number of nitrogens with one attached hydrogen (secondary N) is 1. The minimum atomic E-state index is -4.61. The molecule has 140 valence electrons. The molecule has 2 atom stereocenters. The van der Waals surface area contributed by atoms with Crippen molar-refractivity contribution in [3.63, 3.8) is 0 Å². The molecule has 26 heavy (non-hydrogen) atoms. The number of aromatic nitrogens is 1. The lowest BCUT2D eigenvalue weighted by molar-refractivity contribution is -0.384. The molecule has 0 spiro atoms. The first-order chi connectivity index (χ1) is 12.1. The molecule has 1 heterocycles. The van der Waals surface area contributed by atoms with Gasteiger partial charge in [-0.3, -0.25) is 10.1 Å². The van der Waals surface area contributed by atoms with Gasteiger partial charge in [-0.05, 0) is 23.8 Å². The SMILES string of the molecule is O=[N+]([O-])c1ccc(C(O)C(CO)Nc2ncc(C(F)(F)F)cc2Cl)cc1. The number of non-ortho nitro benzene ring substituents is 1. The maximum Gasteiger partial charge on any atom is 0.417 e. The molecule has 11 heteroatoms. The monoisotopic (exact) mass is 391 g/mol. The highest BCUT2D eigenvalue weighted by Crippen LogP contribution is 2.33. The van der Waals surface area contributed by atoms with Crippen molar-refractivity contribution in [3.05, 3.63) is 62.8 Å². The smallest absolute Gasteiger partial charge is 0.394 e. The summed E-state index contributed by atoms with van der Waals surface area (Å²) in [7, 11) is 0. The molecule has 0 aliphatic heterocycles. The van der Waals surface area contributed by atoms with E-state index in [-0.39, 0.29) is 22.1 Å². The largest absolute Gasteiger partial charge is 0.417 e. The Morgan fingerprint density at radius 2 is 1.92 bits per heavy atom. The molecule has 1 aromatic heterocycles. The summed E-state index contributed by atoms with van der Waals surface area (Å²) in [5, 5.41) is 32.6. The van der Waals surface area contributed by atoms with E-state index in [1.165, 1.54) is 24.3 Å². The van der Waals surface area contributed by atoms with Crippen molar-refractivity contribution in [1.29, 1.82) is 0 Å². The van der Waals surface area contributed by atoms with E-state index in [1.807, 2.05) is 0 Å². The zero-order valence-electron chi connectivity index (χ0n) is 12.9.